The molecule has 2 aromatic rings. The van der Waals surface area contributed by atoms with Gasteiger partial charge in [0.2, 0.25) is 5.91 Å². The normalized spacial score (nSPS) is 11.8. The number of benzene rings is 2. The number of amides is 1. The predicted octanol–water partition coefficient (Wildman–Crippen LogP) is 3.09. The van der Waals surface area contributed by atoms with Gasteiger partial charge in [-0.25, -0.2) is 0 Å². The van der Waals surface area contributed by atoms with Crippen LogP contribution in [-0.2, 0) is 9.53 Å². The number of rotatable bonds is 7. The van der Waals surface area contributed by atoms with Crippen molar-refractivity contribution in [3.8, 4) is 11.5 Å². The lowest BCUT2D eigenvalue weighted by atomic mass is 10.2. The Hall–Kier alpha value is -2.37. The fraction of sp³-hybridized carbons (Fsp3) is 0.278. The van der Waals surface area contributed by atoms with Crippen molar-refractivity contribution in [2.45, 2.75) is 19.4 Å². The summed E-state index contributed by atoms with van der Waals surface area (Å²) < 4.78 is 11.0. The van der Waals surface area contributed by atoms with Crippen molar-refractivity contribution in [3.05, 3.63) is 54.1 Å². The Morgan fingerprint density at radius 1 is 1.17 bits per heavy atom. The Morgan fingerprint density at radius 3 is 2.52 bits per heavy atom. The number of aryl methyl sites for hydroxylation is 1. The molecule has 0 bridgehead atoms. The monoisotopic (exact) mass is 314 g/mol. The zero-order valence-corrected chi connectivity index (χ0v) is 13.4. The molecule has 0 saturated carbocycles. The average molecular weight is 314 g/mol. The topological polar surface area (TPSA) is 73.6 Å². The number of nitrogens with one attached hydrogen (secondary N) is 1. The molecule has 2 rings (SSSR count). The molecule has 1 amide bonds. The van der Waals surface area contributed by atoms with E-state index in [0.29, 0.717) is 23.7 Å². The molecule has 0 radical (unpaired) electrons. The molecule has 0 heterocycles. The Balaban J connectivity index is 2.08. The summed E-state index contributed by atoms with van der Waals surface area (Å²) in [6.07, 6.45) is -0.0912. The van der Waals surface area contributed by atoms with Crippen LogP contribution in [0.1, 0.15) is 12.0 Å². The van der Waals surface area contributed by atoms with E-state index in [4.69, 9.17) is 15.2 Å². The number of para-hydroxylation sites is 2. The minimum atomic E-state index is -0.292. The van der Waals surface area contributed by atoms with Crippen molar-refractivity contribution in [1.82, 2.24) is 0 Å². The van der Waals surface area contributed by atoms with Crippen LogP contribution in [0.25, 0.3) is 0 Å². The number of carbonyl (C=O) groups excluding carboxylic acids is 1. The van der Waals surface area contributed by atoms with E-state index in [0.717, 1.165) is 5.56 Å². The van der Waals surface area contributed by atoms with E-state index in [1.807, 2.05) is 49.4 Å². The van der Waals surface area contributed by atoms with Gasteiger partial charge >= 0.3 is 0 Å². The fourth-order valence-corrected chi connectivity index (χ4v) is 2.06. The Morgan fingerprint density at radius 2 is 1.87 bits per heavy atom. The minimum absolute atomic E-state index is 0.165. The van der Waals surface area contributed by atoms with E-state index in [2.05, 4.69) is 5.32 Å². The summed E-state index contributed by atoms with van der Waals surface area (Å²) in [7, 11) is 1.54. The first-order valence-corrected chi connectivity index (χ1v) is 7.48. The predicted molar refractivity (Wildman–Crippen MR) is 90.8 cm³/mol. The summed E-state index contributed by atoms with van der Waals surface area (Å²) in [4.78, 5) is 12.1. The van der Waals surface area contributed by atoms with Gasteiger partial charge in [0.15, 0.2) is 5.75 Å². The average Bonchev–Trinajstić information content (AvgIpc) is 2.56. The molecule has 0 aliphatic heterocycles. The molecule has 0 aliphatic carbocycles. The molecular weight excluding hydrogens is 292 g/mol. The summed E-state index contributed by atoms with van der Waals surface area (Å²) in [5, 5.41) is 2.84. The number of hydrogen-bond acceptors (Lipinski definition) is 4. The number of hydrogen-bond donors (Lipinski definition) is 2. The Bertz CT molecular complexity index is 637. The number of nitrogens with two attached hydrogens (primary N) is 1. The second-order valence-corrected chi connectivity index (χ2v) is 5.26. The van der Waals surface area contributed by atoms with Gasteiger partial charge in [-0.15, -0.1) is 0 Å². The van der Waals surface area contributed by atoms with Gasteiger partial charge in [0.1, 0.15) is 5.75 Å². The standard InChI is InChI=1S/C18H22N2O3/c1-13-7-9-14(10-8-13)23-17-6-4-3-5-16(17)20-18(21)11-15(12-19)22-2/h3-10,15H,11-12,19H2,1-2H3,(H,20,21). The van der Waals surface area contributed by atoms with Crippen molar-refractivity contribution in [3.63, 3.8) is 0 Å². The largest absolute Gasteiger partial charge is 0.455 e. The van der Waals surface area contributed by atoms with Crippen LogP contribution in [-0.4, -0.2) is 25.7 Å². The molecule has 5 heteroatoms. The molecule has 5 nitrogen and oxygen atoms in total. The molecule has 0 spiro atoms. The van der Waals surface area contributed by atoms with Crippen LogP contribution in [0.3, 0.4) is 0 Å². The zero-order chi connectivity index (χ0) is 16.7. The summed E-state index contributed by atoms with van der Waals surface area (Å²) in [5.41, 5.74) is 7.31. The number of anilines is 1. The molecule has 0 saturated heterocycles. The van der Waals surface area contributed by atoms with Gasteiger partial charge in [0.05, 0.1) is 18.2 Å². The highest BCUT2D eigenvalue weighted by Gasteiger charge is 2.13. The third-order valence-corrected chi connectivity index (χ3v) is 3.42. The number of carbonyl (C=O) groups is 1. The fourth-order valence-electron chi connectivity index (χ4n) is 2.06. The van der Waals surface area contributed by atoms with Crippen LogP contribution in [0, 0.1) is 6.92 Å². The Kier molecular flexibility index (Phi) is 6.14. The highest BCUT2D eigenvalue weighted by Crippen LogP contribution is 2.29. The highest BCUT2D eigenvalue weighted by atomic mass is 16.5. The molecule has 1 atom stereocenters. The lowest BCUT2D eigenvalue weighted by Crippen LogP contribution is -2.28. The smallest absolute Gasteiger partial charge is 0.227 e. The van der Waals surface area contributed by atoms with E-state index < -0.39 is 0 Å². The molecule has 122 valence electrons. The van der Waals surface area contributed by atoms with Gasteiger partial charge < -0.3 is 20.5 Å². The lowest BCUT2D eigenvalue weighted by molar-refractivity contribution is -0.118. The first-order chi connectivity index (χ1) is 11.1. The second-order valence-electron chi connectivity index (χ2n) is 5.26. The van der Waals surface area contributed by atoms with Crippen molar-refractivity contribution in [1.29, 1.82) is 0 Å². The van der Waals surface area contributed by atoms with E-state index in [1.54, 1.807) is 13.2 Å². The van der Waals surface area contributed by atoms with Crippen LogP contribution in [0.5, 0.6) is 11.5 Å². The maximum atomic E-state index is 12.1. The molecular formula is C18H22N2O3. The van der Waals surface area contributed by atoms with Gasteiger partial charge in [-0.2, -0.15) is 0 Å². The third-order valence-electron chi connectivity index (χ3n) is 3.42. The van der Waals surface area contributed by atoms with Crippen molar-refractivity contribution in [2.75, 3.05) is 19.0 Å². The van der Waals surface area contributed by atoms with Gasteiger partial charge in [-0.1, -0.05) is 29.8 Å². The summed E-state index contributed by atoms with van der Waals surface area (Å²) >= 11 is 0. The number of methoxy groups -OCH3 is 1. The van der Waals surface area contributed by atoms with Gasteiger partial charge in [-0.05, 0) is 31.2 Å². The molecule has 0 aromatic heterocycles. The molecule has 2 aromatic carbocycles. The quantitative estimate of drug-likeness (QED) is 0.823. The summed E-state index contributed by atoms with van der Waals surface area (Å²) in [5.74, 6) is 1.14. The highest BCUT2D eigenvalue weighted by molar-refractivity contribution is 5.92. The molecule has 23 heavy (non-hydrogen) atoms. The molecule has 0 fully saturated rings. The molecule has 1 unspecified atom stereocenters. The lowest BCUT2D eigenvalue weighted by Gasteiger charge is -2.15. The van der Waals surface area contributed by atoms with E-state index in [1.165, 1.54) is 0 Å². The van der Waals surface area contributed by atoms with Gasteiger partial charge in [0.25, 0.3) is 0 Å². The minimum Gasteiger partial charge on any atom is -0.455 e. The van der Waals surface area contributed by atoms with E-state index in [9.17, 15) is 4.79 Å². The van der Waals surface area contributed by atoms with Crippen molar-refractivity contribution in [2.24, 2.45) is 5.73 Å². The van der Waals surface area contributed by atoms with Crippen LogP contribution in [0.4, 0.5) is 5.69 Å². The van der Waals surface area contributed by atoms with Crippen molar-refractivity contribution >= 4 is 11.6 Å². The van der Waals surface area contributed by atoms with E-state index in [-0.39, 0.29) is 18.4 Å². The molecule has 0 aliphatic rings. The first kappa shape index (κ1) is 17.0. The summed E-state index contributed by atoms with van der Waals surface area (Å²) in [6.45, 7) is 2.31. The zero-order valence-electron chi connectivity index (χ0n) is 13.4. The van der Waals surface area contributed by atoms with Crippen LogP contribution in [0.2, 0.25) is 0 Å². The van der Waals surface area contributed by atoms with E-state index >= 15 is 0 Å². The van der Waals surface area contributed by atoms with Crippen molar-refractivity contribution < 1.29 is 14.3 Å². The maximum absolute atomic E-state index is 12.1. The van der Waals surface area contributed by atoms with Crippen LogP contribution in [0.15, 0.2) is 48.5 Å². The summed E-state index contributed by atoms with van der Waals surface area (Å²) in [6, 6.07) is 15.0. The maximum Gasteiger partial charge on any atom is 0.227 e. The third kappa shape index (κ3) is 5.09. The number of ether oxygens (including phenoxy) is 2. The molecule has 3 N–H and O–H groups in total. The van der Waals surface area contributed by atoms with Gasteiger partial charge in [-0.3, -0.25) is 4.79 Å². The second kappa shape index (κ2) is 8.31. The van der Waals surface area contributed by atoms with Gasteiger partial charge in [0, 0.05) is 13.7 Å². The van der Waals surface area contributed by atoms with Crippen LogP contribution < -0.4 is 15.8 Å². The Labute approximate surface area is 136 Å². The van der Waals surface area contributed by atoms with Crippen LogP contribution >= 0.6 is 0 Å². The SMILES string of the molecule is COC(CN)CC(=O)Nc1ccccc1Oc1ccc(C)cc1. The first-order valence-electron chi connectivity index (χ1n) is 7.48.